The normalized spacial score (nSPS) is 13.3. The Labute approximate surface area is 86.2 Å². The molecule has 1 aromatic carbocycles. The molecule has 1 atom stereocenters. The van der Waals surface area contributed by atoms with E-state index in [4.69, 9.17) is 0 Å². The van der Waals surface area contributed by atoms with Gasteiger partial charge in [-0.3, -0.25) is 0 Å². The van der Waals surface area contributed by atoms with E-state index in [1.165, 1.54) is 5.56 Å². The van der Waals surface area contributed by atoms with Crippen LogP contribution in [0.2, 0.25) is 0 Å². The highest BCUT2D eigenvalue weighted by atomic mass is 19.1. The van der Waals surface area contributed by atoms with Crippen LogP contribution in [0.5, 0.6) is 0 Å². The van der Waals surface area contributed by atoms with Gasteiger partial charge in [-0.25, -0.2) is 4.39 Å². The molecule has 0 amide bonds. The molecule has 14 heavy (non-hydrogen) atoms. The van der Waals surface area contributed by atoms with Crippen molar-refractivity contribution < 1.29 is 4.39 Å². The monoisotopic (exact) mass is 194 g/mol. The van der Waals surface area contributed by atoms with Crippen molar-refractivity contribution in [3.63, 3.8) is 0 Å². The van der Waals surface area contributed by atoms with E-state index >= 15 is 0 Å². The van der Waals surface area contributed by atoms with Crippen molar-refractivity contribution in [2.24, 2.45) is 5.92 Å². The van der Waals surface area contributed by atoms with Gasteiger partial charge in [0.1, 0.15) is 5.82 Å². The summed E-state index contributed by atoms with van der Waals surface area (Å²) in [6.45, 7) is 8.44. The molecule has 0 nitrogen and oxygen atoms in total. The summed E-state index contributed by atoms with van der Waals surface area (Å²) < 4.78 is 13.1. The van der Waals surface area contributed by atoms with Gasteiger partial charge in [-0.05, 0) is 42.4 Å². The lowest BCUT2D eigenvalue weighted by atomic mass is 9.86. The molecule has 0 spiro atoms. The molecule has 0 saturated carbocycles. The Balaban J connectivity index is 3.00. The van der Waals surface area contributed by atoms with Crippen LogP contribution in [0.1, 0.15) is 44.2 Å². The lowest BCUT2D eigenvalue weighted by molar-refractivity contribution is 0.484. The second-order valence-corrected chi connectivity index (χ2v) is 4.27. The molecule has 0 saturated heterocycles. The maximum absolute atomic E-state index is 13.1. The molecule has 0 N–H and O–H groups in total. The second kappa shape index (κ2) is 4.59. The summed E-state index contributed by atoms with van der Waals surface area (Å²) >= 11 is 0. The van der Waals surface area contributed by atoms with Crippen LogP contribution in [0.15, 0.2) is 18.2 Å². The first-order valence-corrected chi connectivity index (χ1v) is 5.32. The van der Waals surface area contributed by atoms with Crippen molar-refractivity contribution in [2.75, 3.05) is 0 Å². The zero-order valence-electron chi connectivity index (χ0n) is 9.47. The van der Waals surface area contributed by atoms with Crippen LogP contribution in [-0.4, -0.2) is 0 Å². The number of hydrogen-bond donors (Lipinski definition) is 0. The number of rotatable bonds is 3. The van der Waals surface area contributed by atoms with E-state index in [9.17, 15) is 4.39 Å². The fourth-order valence-electron chi connectivity index (χ4n) is 1.99. The smallest absolute Gasteiger partial charge is 0.126 e. The van der Waals surface area contributed by atoms with Crippen molar-refractivity contribution in [3.05, 3.63) is 35.1 Å². The molecule has 0 aliphatic heterocycles. The average molecular weight is 194 g/mol. The molecule has 0 fully saturated rings. The molecule has 0 bridgehead atoms. The van der Waals surface area contributed by atoms with Crippen molar-refractivity contribution in [1.29, 1.82) is 0 Å². The Bertz CT molecular complexity index is 302. The molecule has 0 aliphatic rings. The first-order valence-electron chi connectivity index (χ1n) is 5.32. The third-order valence-electron chi connectivity index (χ3n) is 2.85. The standard InChI is InChI=1S/C13H19F/c1-5-12(9(2)3)11-6-7-13(14)10(4)8-11/h6-9,12H,5H2,1-4H3/t12-/m1/s1. The summed E-state index contributed by atoms with van der Waals surface area (Å²) in [7, 11) is 0. The molecule has 1 aromatic rings. The topological polar surface area (TPSA) is 0 Å². The first-order chi connectivity index (χ1) is 6.56. The largest absolute Gasteiger partial charge is 0.207 e. The van der Waals surface area contributed by atoms with Gasteiger partial charge in [-0.15, -0.1) is 0 Å². The first kappa shape index (κ1) is 11.2. The molecule has 0 unspecified atom stereocenters. The lowest BCUT2D eigenvalue weighted by Crippen LogP contribution is -2.05. The van der Waals surface area contributed by atoms with E-state index in [-0.39, 0.29) is 5.82 Å². The minimum Gasteiger partial charge on any atom is -0.207 e. The van der Waals surface area contributed by atoms with Crippen molar-refractivity contribution in [3.8, 4) is 0 Å². The number of benzene rings is 1. The SMILES string of the molecule is CC[C@@H](c1ccc(F)c(C)c1)C(C)C. The predicted molar refractivity (Wildman–Crippen MR) is 59.0 cm³/mol. The highest BCUT2D eigenvalue weighted by Crippen LogP contribution is 2.28. The summed E-state index contributed by atoms with van der Waals surface area (Å²) in [6.07, 6.45) is 1.11. The summed E-state index contributed by atoms with van der Waals surface area (Å²) in [6, 6.07) is 5.47. The summed E-state index contributed by atoms with van der Waals surface area (Å²) in [4.78, 5) is 0. The molecule has 0 aromatic heterocycles. The van der Waals surface area contributed by atoms with Crippen LogP contribution in [0.3, 0.4) is 0 Å². The van der Waals surface area contributed by atoms with E-state index in [0.717, 1.165) is 12.0 Å². The Morgan fingerprint density at radius 1 is 1.29 bits per heavy atom. The molecular weight excluding hydrogens is 175 g/mol. The lowest BCUT2D eigenvalue weighted by Gasteiger charge is -2.19. The van der Waals surface area contributed by atoms with Crippen LogP contribution in [0.25, 0.3) is 0 Å². The number of aryl methyl sites for hydroxylation is 1. The Kier molecular flexibility index (Phi) is 3.68. The van der Waals surface area contributed by atoms with E-state index in [1.54, 1.807) is 6.07 Å². The minimum atomic E-state index is -0.104. The number of hydrogen-bond acceptors (Lipinski definition) is 0. The van der Waals surface area contributed by atoms with Gasteiger partial charge in [0.05, 0.1) is 0 Å². The minimum absolute atomic E-state index is 0.104. The fraction of sp³-hybridized carbons (Fsp3) is 0.538. The fourth-order valence-corrected chi connectivity index (χ4v) is 1.99. The molecular formula is C13H19F. The van der Waals surface area contributed by atoms with Gasteiger partial charge in [0, 0.05) is 0 Å². The van der Waals surface area contributed by atoms with Crippen LogP contribution in [0.4, 0.5) is 4.39 Å². The zero-order chi connectivity index (χ0) is 10.7. The van der Waals surface area contributed by atoms with Gasteiger partial charge in [0.25, 0.3) is 0 Å². The van der Waals surface area contributed by atoms with Gasteiger partial charge in [0.2, 0.25) is 0 Å². The van der Waals surface area contributed by atoms with E-state index in [0.29, 0.717) is 11.8 Å². The highest BCUT2D eigenvalue weighted by Gasteiger charge is 2.14. The van der Waals surface area contributed by atoms with Gasteiger partial charge >= 0.3 is 0 Å². The van der Waals surface area contributed by atoms with E-state index in [2.05, 4.69) is 20.8 Å². The van der Waals surface area contributed by atoms with Crippen molar-refractivity contribution in [1.82, 2.24) is 0 Å². The third kappa shape index (κ3) is 2.34. The van der Waals surface area contributed by atoms with Gasteiger partial charge < -0.3 is 0 Å². The number of halogens is 1. The molecule has 0 radical (unpaired) electrons. The summed E-state index contributed by atoms with van der Waals surface area (Å²) in [5.41, 5.74) is 2.02. The quantitative estimate of drug-likeness (QED) is 0.673. The maximum atomic E-state index is 13.1. The average Bonchev–Trinajstić information content (AvgIpc) is 2.11. The van der Waals surface area contributed by atoms with Crippen molar-refractivity contribution >= 4 is 0 Å². The van der Waals surface area contributed by atoms with Gasteiger partial charge in [0.15, 0.2) is 0 Å². The van der Waals surface area contributed by atoms with Crippen LogP contribution >= 0.6 is 0 Å². The highest BCUT2D eigenvalue weighted by molar-refractivity contribution is 5.27. The van der Waals surface area contributed by atoms with Gasteiger partial charge in [-0.1, -0.05) is 32.9 Å². The maximum Gasteiger partial charge on any atom is 0.126 e. The molecule has 0 heterocycles. The molecule has 1 heteroatoms. The molecule has 0 aliphatic carbocycles. The Morgan fingerprint density at radius 2 is 1.93 bits per heavy atom. The predicted octanol–water partition coefficient (Wildman–Crippen LogP) is 4.28. The van der Waals surface area contributed by atoms with E-state index in [1.807, 2.05) is 19.1 Å². The summed E-state index contributed by atoms with van der Waals surface area (Å²) in [5.74, 6) is 1.06. The van der Waals surface area contributed by atoms with Crippen molar-refractivity contribution in [2.45, 2.75) is 40.0 Å². The van der Waals surface area contributed by atoms with Crippen LogP contribution < -0.4 is 0 Å². The van der Waals surface area contributed by atoms with Gasteiger partial charge in [-0.2, -0.15) is 0 Å². The zero-order valence-corrected chi connectivity index (χ0v) is 9.47. The second-order valence-electron chi connectivity index (χ2n) is 4.27. The van der Waals surface area contributed by atoms with E-state index < -0.39 is 0 Å². The third-order valence-corrected chi connectivity index (χ3v) is 2.85. The van der Waals surface area contributed by atoms with Crippen LogP contribution in [-0.2, 0) is 0 Å². The van der Waals surface area contributed by atoms with Crippen LogP contribution in [0, 0.1) is 18.7 Å². The summed E-state index contributed by atoms with van der Waals surface area (Å²) in [5, 5.41) is 0. The molecule has 78 valence electrons. The Hall–Kier alpha value is -0.850. The molecule has 1 rings (SSSR count). The Morgan fingerprint density at radius 3 is 2.36 bits per heavy atom.